The van der Waals surface area contributed by atoms with Gasteiger partial charge in [0, 0.05) is 6.54 Å². The number of carbonyl (C=O) groups is 1. The molecule has 0 amide bonds. The van der Waals surface area contributed by atoms with Gasteiger partial charge in [-0.1, -0.05) is 6.07 Å². The zero-order valence-electron chi connectivity index (χ0n) is 8.86. The minimum Gasteiger partial charge on any atom is -0.497 e. The summed E-state index contributed by atoms with van der Waals surface area (Å²) in [6.07, 6.45) is 0. The first-order valence-electron chi connectivity index (χ1n) is 4.67. The van der Waals surface area contributed by atoms with Crippen molar-refractivity contribution in [2.45, 2.75) is 12.8 Å². The van der Waals surface area contributed by atoms with Gasteiger partial charge in [-0.15, -0.1) is 0 Å². The minimum absolute atomic E-state index is 0.0997. The number of hydrogen-bond acceptors (Lipinski definition) is 3. The molecule has 1 rings (SSSR count). The summed E-state index contributed by atoms with van der Waals surface area (Å²) in [5.41, 5.74) is 7.06. The Hall–Kier alpha value is -1.55. The molecule has 3 N–H and O–H groups in total. The SMILES string of the molecule is COc1ccc(C(CN)C(=O)O)c(C)c1. The number of benzene rings is 1. The highest BCUT2D eigenvalue weighted by molar-refractivity contribution is 5.77. The lowest BCUT2D eigenvalue weighted by molar-refractivity contribution is -0.138. The summed E-state index contributed by atoms with van der Waals surface area (Å²) in [5, 5.41) is 8.97. The van der Waals surface area contributed by atoms with Crippen molar-refractivity contribution in [2.24, 2.45) is 5.73 Å². The molecule has 0 saturated carbocycles. The van der Waals surface area contributed by atoms with Gasteiger partial charge in [0.1, 0.15) is 5.75 Å². The van der Waals surface area contributed by atoms with E-state index in [1.165, 1.54) is 0 Å². The quantitative estimate of drug-likeness (QED) is 0.779. The zero-order valence-corrected chi connectivity index (χ0v) is 8.86. The number of carboxylic acids is 1. The average molecular weight is 209 g/mol. The van der Waals surface area contributed by atoms with Gasteiger partial charge in [-0.3, -0.25) is 4.79 Å². The summed E-state index contributed by atoms with van der Waals surface area (Å²) in [7, 11) is 1.58. The van der Waals surface area contributed by atoms with Crippen molar-refractivity contribution in [3.8, 4) is 5.75 Å². The summed E-state index contributed by atoms with van der Waals surface area (Å²) in [6.45, 7) is 1.95. The van der Waals surface area contributed by atoms with Crippen molar-refractivity contribution >= 4 is 5.97 Å². The molecule has 0 spiro atoms. The van der Waals surface area contributed by atoms with Gasteiger partial charge in [0.15, 0.2) is 0 Å². The first-order chi connectivity index (χ1) is 7.10. The second kappa shape index (κ2) is 4.79. The van der Waals surface area contributed by atoms with E-state index in [-0.39, 0.29) is 6.54 Å². The Balaban J connectivity index is 3.08. The minimum atomic E-state index is -0.897. The van der Waals surface area contributed by atoms with Gasteiger partial charge >= 0.3 is 5.97 Å². The van der Waals surface area contributed by atoms with E-state index in [1.54, 1.807) is 25.3 Å². The molecule has 0 aliphatic heterocycles. The second-order valence-corrected chi connectivity index (χ2v) is 3.35. The average Bonchev–Trinajstić information content (AvgIpc) is 2.20. The molecular weight excluding hydrogens is 194 g/mol. The van der Waals surface area contributed by atoms with Gasteiger partial charge in [0.05, 0.1) is 13.0 Å². The standard InChI is InChI=1S/C11H15NO3/c1-7-5-8(15-2)3-4-9(7)10(6-12)11(13)14/h3-5,10H,6,12H2,1-2H3,(H,13,14). The maximum Gasteiger partial charge on any atom is 0.312 e. The number of nitrogens with two attached hydrogens (primary N) is 1. The highest BCUT2D eigenvalue weighted by Crippen LogP contribution is 2.23. The predicted octanol–water partition coefficient (Wildman–Crippen LogP) is 1.13. The Morgan fingerprint density at radius 2 is 2.27 bits per heavy atom. The van der Waals surface area contributed by atoms with Crippen molar-refractivity contribution in [2.75, 3.05) is 13.7 Å². The fourth-order valence-electron chi connectivity index (χ4n) is 1.53. The third-order valence-corrected chi connectivity index (χ3v) is 2.39. The van der Waals surface area contributed by atoms with Crippen LogP contribution in [-0.2, 0) is 4.79 Å². The molecule has 15 heavy (non-hydrogen) atoms. The fourth-order valence-corrected chi connectivity index (χ4v) is 1.53. The Bertz CT molecular complexity index is 363. The number of aliphatic carboxylic acids is 1. The van der Waals surface area contributed by atoms with E-state index in [0.29, 0.717) is 0 Å². The van der Waals surface area contributed by atoms with E-state index in [2.05, 4.69) is 0 Å². The normalized spacial score (nSPS) is 12.2. The largest absolute Gasteiger partial charge is 0.497 e. The van der Waals surface area contributed by atoms with E-state index in [9.17, 15) is 4.79 Å². The van der Waals surface area contributed by atoms with Crippen molar-refractivity contribution in [1.82, 2.24) is 0 Å². The van der Waals surface area contributed by atoms with E-state index >= 15 is 0 Å². The highest BCUT2D eigenvalue weighted by atomic mass is 16.5. The smallest absolute Gasteiger partial charge is 0.312 e. The Morgan fingerprint density at radius 1 is 1.60 bits per heavy atom. The summed E-state index contributed by atoms with van der Waals surface area (Å²) >= 11 is 0. The molecule has 0 fully saturated rings. The first kappa shape index (κ1) is 11.5. The molecule has 0 radical (unpaired) electrons. The maximum atomic E-state index is 10.9. The van der Waals surface area contributed by atoms with Crippen LogP contribution >= 0.6 is 0 Å². The molecule has 1 atom stereocenters. The number of ether oxygens (including phenoxy) is 1. The van der Waals surface area contributed by atoms with Crippen molar-refractivity contribution in [1.29, 1.82) is 0 Å². The predicted molar refractivity (Wildman–Crippen MR) is 57.2 cm³/mol. The van der Waals surface area contributed by atoms with E-state index in [0.717, 1.165) is 16.9 Å². The molecule has 0 aliphatic rings. The second-order valence-electron chi connectivity index (χ2n) is 3.35. The van der Waals surface area contributed by atoms with Gasteiger partial charge in [0.25, 0.3) is 0 Å². The molecule has 0 saturated heterocycles. The number of rotatable bonds is 4. The summed E-state index contributed by atoms with van der Waals surface area (Å²) in [4.78, 5) is 10.9. The third kappa shape index (κ3) is 2.47. The van der Waals surface area contributed by atoms with Crippen LogP contribution in [0.1, 0.15) is 17.0 Å². The van der Waals surface area contributed by atoms with Crippen LogP contribution in [0.5, 0.6) is 5.75 Å². The van der Waals surface area contributed by atoms with E-state index in [1.807, 2.05) is 6.92 Å². The lowest BCUT2D eigenvalue weighted by Gasteiger charge is -2.13. The topological polar surface area (TPSA) is 72.5 Å². The number of carboxylic acid groups (broad SMARTS) is 1. The van der Waals surface area contributed by atoms with Crippen LogP contribution in [0.3, 0.4) is 0 Å². The maximum absolute atomic E-state index is 10.9. The van der Waals surface area contributed by atoms with Gasteiger partial charge in [-0.05, 0) is 30.2 Å². The van der Waals surface area contributed by atoms with Gasteiger partial charge in [-0.25, -0.2) is 0 Å². The zero-order chi connectivity index (χ0) is 11.4. The molecule has 0 aromatic heterocycles. The Kier molecular flexibility index (Phi) is 3.68. The number of hydrogen-bond donors (Lipinski definition) is 2. The number of aryl methyl sites for hydroxylation is 1. The van der Waals surface area contributed by atoms with Gasteiger partial charge in [0.2, 0.25) is 0 Å². The molecule has 4 nitrogen and oxygen atoms in total. The molecule has 1 aromatic rings. The molecule has 0 heterocycles. The lowest BCUT2D eigenvalue weighted by Crippen LogP contribution is -2.21. The van der Waals surface area contributed by atoms with Crippen molar-refractivity contribution < 1.29 is 14.6 Å². The molecule has 0 aliphatic carbocycles. The van der Waals surface area contributed by atoms with Crippen LogP contribution in [0.2, 0.25) is 0 Å². The summed E-state index contributed by atoms with van der Waals surface area (Å²) in [5.74, 6) is -0.820. The monoisotopic (exact) mass is 209 g/mol. The Morgan fingerprint density at radius 3 is 2.67 bits per heavy atom. The molecule has 82 valence electrons. The van der Waals surface area contributed by atoms with Crippen LogP contribution in [0.4, 0.5) is 0 Å². The van der Waals surface area contributed by atoms with Gasteiger partial charge in [-0.2, -0.15) is 0 Å². The highest BCUT2D eigenvalue weighted by Gasteiger charge is 2.19. The molecule has 4 heteroatoms. The van der Waals surface area contributed by atoms with Crippen LogP contribution in [0.15, 0.2) is 18.2 Å². The van der Waals surface area contributed by atoms with E-state index in [4.69, 9.17) is 15.6 Å². The summed E-state index contributed by atoms with van der Waals surface area (Å²) < 4.78 is 5.05. The number of methoxy groups -OCH3 is 1. The molecule has 1 unspecified atom stereocenters. The van der Waals surface area contributed by atoms with Crippen molar-refractivity contribution in [3.63, 3.8) is 0 Å². The van der Waals surface area contributed by atoms with Crippen LogP contribution in [0.25, 0.3) is 0 Å². The van der Waals surface area contributed by atoms with Gasteiger partial charge < -0.3 is 15.6 Å². The van der Waals surface area contributed by atoms with Crippen LogP contribution in [-0.4, -0.2) is 24.7 Å². The lowest BCUT2D eigenvalue weighted by atomic mass is 9.95. The van der Waals surface area contributed by atoms with Crippen LogP contribution < -0.4 is 10.5 Å². The first-order valence-corrected chi connectivity index (χ1v) is 4.67. The fraction of sp³-hybridized carbons (Fsp3) is 0.364. The molecule has 1 aromatic carbocycles. The molecule has 0 bridgehead atoms. The Labute approximate surface area is 88.7 Å². The van der Waals surface area contributed by atoms with Crippen LogP contribution in [0, 0.1) is 6.92 Å². The molecular formula is C11H15NO3. The summed E-state index contributed by atoms with van der Waals surface area (Å²) in [6, 6.07) is 5.30. The van der Waals surface area contributed by atoms with E-state index < -0.39 is 11.9 Å². The van der Waals surface area contributed by atoms with Crippen molar-refractivity contribution in [3.05, 3.63) is 29.3 Å². The third-order valence-electron chi connectivity index (χ3n) is 2.39.